The summed E-state index contributed by atoms with van der Waals surface area (Å²) in [5.74, 6) is 0.321. The summed E-state index contributed by atoms with van der Waals surface area (Å²) in [4.78, 5) is 39.2. The van der Waals surface area contributed by atoms with Gasteiger partial charge in [0.05, 0.1) is 41.8 Å². The Kier molecular flexibility index (Phi) is 10.6. The predicted octanol–water partition coefficient (Wildman–Crippen LogP) is 4.71. The summed E-state index contributed by atoms with van der Waals surface area (Å²) in [5, 5.41) is 16.3. The summed E-state index contributed by atoms with van der Waals surface area (Å²) in [7, 11) is 5.83. The van der Waals surface area contributed by atoms with Gasteiger partial charge in [0.15, 0.2) is 0 Å². The molecule has 240 valence electrons. The average Bonchev–Trinajstić information content (AvgIpc) is 3.78. The van der Waals surface area contributed by atoms with Crippen LogP contribution in [-0.2, 0) is 39.9 Å². The lowest BCUT2D eigenvalue weighted by atomic mass is 9.99. The molecule has 0 bridgehead atoms. The van der Waals surface area contributed by atoms with E-state index in [0.29, 0.717) is 11.1 Å². The minimum absolute atomic E-state index is 0.196. The van der Waals surface area contributed by atoms with Gasteiger partial charge in [-0.05, 0) is 62.1 Å². The molecule has 2 atom stereocenters. The number of ether oxygens (including phenoxy) is 3. The van der Waals surface area contributed by atoms with E-state index in [0.717, 1.165) is 101 Å². The Morgan fingerprint density at radius 2 is 1.11 bits per heavy atom. The van der Waals surface area contributed by atoms with Crippen LogP contribution < -0.4 is 0 Å². The SMILES string of the molecule is CO.COC(=O)c1cc(-c2nc3c([nH]2)CC(OC)C3)c(C)cc1C.COC1Cc2nc(-c3cc(C(=O)O)c(C)cc3C)[nH]c2C1. The highest BCUT2D eigenvalue weighted by molar-refractivity contribution is 5.93. The van der Waals surface area contributed by atoms with E-state index in [1.807, 2.05) is 45.9 Å². The van der Waals surface area contributed by atoms with Gasteiger partial charge < -0.3 is 34.4 Å². The quantitative estimate of drug-likeness (QED) is 0.225. The van der Waals surface area contributed by atoms with Gasteiger partial charge in [-0.15, -0.1) is 0 Å². The maximum Gasteiger partial charge on any atom is 0.338 e. The number of aromatic amines is 2. The molecule has 4 aromatic rings. The number of carboxylic acid groups (broad SMARTS) is 1. The third-order valence-corrected chi connectivity index (χ3v) is 8.39. The zero-order valence-corrected chi connectivity index (χ0v) is 27.1. The molecule has 2 unspecified atom stereocenters. The zero-order chi connectivity index (χ0) is 33.0. The number of aromatic carboxylic acids is 1. The number of H-pyrrole nitrogens is 2. The van der Waals surface area contributed by atoms with E-state index in [-0.39, 0.29) is 18.2 Å². The maximum atomic E-state index is 11.9. The van der Waals surface area contributed by atoms with E-state index in [9.17, 15) is 14.7 Å². The highest BCUT2D eigenvalue weighted by Gasteiger charge is 2.27. The first-order valence-corrected chi connectivity index (χ1v) is 14.7. The van der Waals surface area contributed by atoms with Gasteiger partial charge in [-0.25, -0.2) is 19.6 Å². The number of fused-ring (bicyclic) bond motifs is 2. The van der Waals surface area contributed by atoms with Gasteiger partial charge in [0, 0.05) is 69.5 Å². The Morgan fingerprint density at radius 1 is 0.689 bits per heavy atom. The number of esters is 1. The highest BCUT2D eigenvalue weighted by atomic mass is 16.5. The van der Waals surface area contributed by atoms with Crippen molar-refractivity contribution in [1.82, 2.24) is 19.9 Å². The highest BCUT2D eigenvalue weighted by Crippen LogP contribution is 2.31. The van der Waals surface area contributed by atoms with Crippen molar-refractivity contribution in [1.29, 1.82) is 0 Å². The topological polar surface area (TPSA) is 160 Å². The number of imidazole rings is 2. The first-order valence-electron chi connectivity index (χ1n) is 14.7. The van der Waals surface area contributed by atoms with Gasteiger partial charge in [0.1, 0.15) is 11.6 Å². The van der Waals surface area contributed by atoms with Crippen LogP contribution in [0.25, 0.3) is 22.8 Å². The number of nitrogens with zero attached hydrogens (tertiary/aromatic N) is 2. The number of hydrogen-bond donors (Lipinski definition) is 4. The van der Waals surface area contributed by atoms with Crippen molar-refractivity contribution in [2.75, 3.05) is 28.4 Å². The average molecular weight is 619 g/mol. The van der Waals surface area contributed by atoms with Crippen molar-refractivity contribution in [2.45, 2.75) is 65.6 Å². The molecule has 0 saturated heterocycles. The second kappa shape index (κ2) is 14.2. The Hall–Kier alpha value is -4.32. The molecule has 11 nitrogen and oxygen atoms in total. The summed E-state index contributed by atoms with van der Waals surface area (Å²) in [6.07, 6.45) is 3.73. The normalized spacial score (nSPS) is 13.8. The lowest BCUT2D eigenvalue weighted by Crippen LogP contribution is -2.10. The van der Waals surface area contributed by atoms with Crippen molar-refractivity contribution in [2.24, 2.45) is 0 Å². The Balaban J connectivity index is 0.000000194. The number of aliphatic hydroxyl groups excluding tert-OH is 1. The van der Waals surface area contributed by atoms with Crippen LogP contribution in [0.1, 0.15) is 65.7 Å². The van der Waals surface area contributed by atoms with Gasteiger partial charge in [0.2, 0.25) is 0 Å². The molecule has 11 heteroatoms. The fraction of sp³-hybridized carbons (Fsp3) is 0.412. The second-order valence-corrected chi connectivity index (χ2v) is 11.3. The summed E-state index contributed by atoms with van der Waals surface area (Å²) in [6, 6.07) is 7.45. The van der Waals surface area contributed by atoms with Gasteiger partial charge in [0.25, 0.3) is 0 Å². The molecular weight excluding hydrogens is 576 g/mol. The molecule has 0 spiro atoms. The van der Waals surface area contributed by atoms with Crippen LogP contribution >= 0.6 is 0 Å². The lowest BCUT2D eigenvalue weighted by Gasteiger charge is -2.10. The summed E-state index contributed by atoms with van der Waals surface area (Å²) >= 11 is 0. The van der Waals surface area contributed by atoms with Crippen LogP contribution in [0.5, 0.6) is 0 Å². The summed E-state index contributed by atoms with van der Waals surface area (Å²) in [6.45, 7) is 7.72. The number of aliphatic hydroxyl groups is 1. The number of aromatic nitrogens is 4. The molecular formula is C34H42N4O7. The first kappa shape index (κ1) is 33.6. The second-order valence-electron chi connectivity index (χ2n) is 11.3. The summed E-state index contributed by atoms with van der Waals surface area (Å²) in [5.41, 5.74) is 10.8. The molecule has 0 aliphatic heterocycles. The molecule has 2 aromatic heterocycles. The largest absolute Gasteiger partial charge is 0.478 e. The number of rotatable bonds is 6. The Labute approximate surface area is 263 Å². The molecule has 0 radical (unpaired) electrons. The van der Waals surface area contributed by atoms with E-state index >= 15 is 0 Å². The van der Waals surface area contributed by atoms with Crippen LogP contribution in [-0.4, -0.2) is 82.7 Å². The van der Waals surface area contributed by atoms with Crippen molar-refractivity contribution in [3.63, 3.8) is 0 Å². The fourth-order valence-electron chi connectivity index (χ4n) is 5.96. The molecule has 2 aromatic carbocycles. The molecule has 4 N–H and O–H groups in total. The van der Waals surface area contributed by atoms with Crippen molar-refractivity contribution < 1.29 is 34.0 Å². The predicted molar refractivity (Wildman–Crippen MR) is 170 cm³/mol. The minimum Gasteiger partial charge on any atom is -0.478 e. The molecule has 0 amide bonds. The number of aryl methyl sites for hydroxylation is 4. The standard InChI is InChI=1S/C17H20N2O3.C16H18N2O3.CH4O/c1-9-5-10(2)13(17(20)22-4)8-12(9)16-18-14-6-11(21-3)7-15(14)19-16;1-8-4-9(2)12(16(19)20)7-11(8)15-17-13-5-10(21-3)6-14(13)18-15;1-2/h5,8,11H,6-7H2,1-4H3,(H,18,19);4,7,10H,5-6H2,1-3H3,(H,17,18)(H,19,20);2H,1H3. The van der Waals surface area contributed by atoms with Crippen LogP contribution in [0.15, 0.2) is 24.3 Å². The van der Waals surface area contributed by atoms with Gasteiger partial charge >= 0.3 is 11.9 Å². The Bertz CT molecular complexity index is 1660. The van der Waals surface area contributed by atoms with Crippen LogP contribution in [0.4, 0.5) is 0 Å². The van der Waals surface area contributed by atoms with Gasteiger partial charge in [-0.2, -0.15) is 0 Å². The number of benzene rings is 2. The van der Waals surface area contributed by atoms with Crippen molar-refractivity contribution in [3.05, 3.63) is 80.4 Å². The number of hydrogen-bond acceptors (Lipinski definition) is 8. The molecule has 45 heavy (non-hydrogen) atoms. The molecule has 2 aliphatic carbocycles. The minimum atomic E-state index is -0.910. The number of methoxy groups -OCH3 is 3. The smallest absolute Gasteiger partial charge is 0.338 e. The van der Waals surface area contributed by atoms with Crippen molar-refractivity contribution in [3.8, 4) is 22.8 Å². The number of carbonyl (C=O) groups is 2. The first-order chi connectivity index (χ1) is 21.5. The lowest BCUT2D eigenvalue weighted by molar-refractivity contribution is 0.0599. The van der Waals surface area contributed by atoms with E-state index in [1.54, 1.807) is 20.3 Å². The number of carbonyl (C=O) groups excluding carboxylic acids is 1. The van der Waals surface area contributed by atoms with Crippen LogP contribution in [0, 0.1) is 27.7 Å². The van der Waals surface area contributed by atoms with E-state index in [2.05, 4.69) is 19.9 Å². The third kappa shape index (κ3) is 7.00. The number of carboxylic acids is 1. The molecule has 6 rings (SSSR count). The Morgan fingerprint density at radius 3 is 1.49 bits per heavy atom. The van der Waals surface area contributed by atoms with E-state index < -0.39 is 5.97 Å². The third-order valence-electron chi connectivity index (χ3n) is 8.39. The molecule has 0 fully saturated rings. The monoisotopic (exact) mass is 618 g/mol. The van der Waals surface area contributed by atoms with Crippen LogP contribution in [0.2, 0.25) is 0 Å². The molecule has 2 heterocycles. The van der Waals surface area contributed by atoms with Crippen molar-refractivity contribution >= 4 is 11.9 Å². The molecule has 2 aliphatic rings. The van der Waals surface area contributed by atoms with Gasteiger partial charge in [-0.3, -0.25) is 0 Å². The van der Waals surface area contributed by atoms with Crippen LogP contribution in [0.3, 0.4) is 0 Å². The molecule has 0 saturated carbocycles. The maximum absolute atomic E-state index is 11.9. The fourth-order valence-corrected chi connectivity index (χ4v) is 5.96. The van der Waals surface area contributed by atoms with E-state index in [1.165, 1.54) is 7.11 Å². The summed E-state index contributed by atoms with van der Waals surface area (Å²) < 4.78 is 15.6. The number of nitrogens with one attached hydrogen (secondary N) is 2. The zero-order valence-electron chi connectivity index (χ0n) is 27.1. The van der Waals surface area contributed by atoms with Gasteiger partial charge in [-0.1, -0.05) is 12.1 Å². The van der Waals surface area contributed by atoms with E-state index in [4.69, 9.17) is 19.3 Å².